The number of aryl methyl sites for hydroxylation is 2. The monoisotopic (exact) mass is 565 g/mol. The summed E-state index contributed by atoms with van der Waals surface area (Å²) in [5, 5.41) is 0. The van der Waals surface area contributed by atoms with Crippen molar-refractivity contribution >= 4 is 17.3 Å². The molecule has 0 N–H and O–H groups in total. The van der Waals surface area contributed by atoms with Crippen LogP contribution in [-0.4, -0.2) is 55.0 Å². The molecule has 1 fully saturated rings. The fourth-order valence-electron chi connectivity index (χ4n) is 5.78. The van der Waals surface area contributed by atoms with Gasteiger partial charge in [0, 0.05) is 49.7 Å². The first kappa shape index (κ1) is 30.6. The fraction of sp³-hybridized carbons (Fsp3) is 0.441. The topological polar surface area (TPSA) is 26.8 Å². The van der Waals surface area contributed by atoms with E-state index in [9.17, 15) is 18.0 Å². The number of rotatable bonds is 10. The highest BCUT2D eigenvalue weighted by Gasteiger charge is 2.30. The number of halogens is 3. The first-order valence-electron chi connectivity index (χ1n) is 14.7. The van der Waals surface area contributed by atoms with Gasteiger partial charge in [0.2, 0.25) is 0 Å². The summed E-state index contributed by atoms with van der Waals surface area (Å²) in [6, 6.07) is 20.4. The summed E-state index contributed by atoms with van der Waals surface area (Å²) in [4.78, 5) is 19.4. The Bertz CT molecular complexity index is 1300. The van der Waals surface area contributed by atoms with Crippen molar-refractivity contribution in [3.63, 3.8) is 0 Å². The Morgan fingerprint density at radius 3 is 2.32 bits per heavy atom. The Kier molecular flexibility index (Phi) is 10.1. The van der Waals surface area contributed by atoms with Crippen molar-refractivity contribution in [3.05, 3.63) is 94.5 Å². The Balaban J connectivity index is 1.43. The van der Waals surface area contributed by atoms with E-state index in [1.165, 1.54) is 28.9 Å². The van der Waals surface area contributed by atoms with Crippen LogP contribution in [0.1, 0.15) is 65.2 Å². The van der Waals surface area contributed by atoms with E-state index in [0.29, 0.717) is 18.0 Å². The first-order valence-corrected chi connectivity index (χ1v) is 14.7. The second-order valence-electron chi connectivity index (χ2n) is 11.2. The van der Waals surface area contributed by atoms with Crippen LogP contribution in [0.25, 0.3) is 0 Å². The van der Waals surface area contributed by atoms with Crippen LogP contribution in [0.5, 0.6) is 0 Å². The predicted octanol–water partition coefficient (Wildman–Crippen LogP) is 8.04. The molecule has 1 saturated heterocycles. The van der Waals surface area contributed by atoms with Crippen LogP contribution in [0, 0.1) is 13.8 Å². The number of alkyl halides is 3. The second-order valence-corrected chi connectivity index (χ2v) is 11.2. The summed E-state index contributed by atoms with van der Waals surface area (Å²) in [7, 11) is 1.84. The number of likely N-dealkylation sites (tertiary alicyclic amines) is 1. The van der Waals surface area contributed by atoms with Crippen molar-refractivity contribution < 1.29 is 18.0 Å². The van der Waals surface area contributed by atoms with E-state index in [1.807, 2.05) is 19.2 Å². The van der Waals surface area contributed by atoms with E-state index in [1.54, 1.807) is 11.0 Å². The molecule has 0 radical (unpaired) electrons. The number of benzene rings is 3. The molecule has 0 aliphatic carbocycles. The van der Waals surface area contributed by atoms with Gasteiger partial charge in [-0.2, -0.15) is 13.2 Å². The maximum atomic E-state index is 13.1. The van der Waals surface area contributed by atoms with Crippen molar-refractivity contribution in [2.75, 3.05) is 38.1 Å². The lowest BCUT2D eigenvalue weighted by atomic mass is 9.98. The molecule has 0 unspecified atom stereocenters. The largest absolute Gasteiger partial charge is 0.416 e. The second kappa shape index (κ2) is 13.6. The van der Waals surface area contributed by atoms with E-state index in [4.69, 9.17) is 0 Å². The SMILES string of the molecule is CCCN(C)C(=O)c1ccc(N(c2cccc(C)c2C)C2CCN(CCCc3cccc(C(F)(F)F)c3)CC2)cc1. The molecule has 41 heavy (non-hydrogen) atoms. The zero-order valence-electron chi connectivity index (χ0n) is 24.7. The Labute approximate surface area is 242 Å². The third kappa shape index (κ3) is 7.70. The number of amides is 1. The number of carbonyl (C=O) groups excluding carboxylic acids is 1. The molecule has 7 heteroatoms. The quantitative estimate of drug-likeness (QED) is 0.249. The molecule has 0 atom stereocenters. The van der Waals surface area contributed by atoms with Gasteiger partial charge < -0.3 is 14.7 Å². The zero-order chi connectivity index (χ0) is 29.6. The number of nitrogens with zero attached hydrogens (tertiary/aromatic N) is 3. The zero-order valence-corrected chi connectivity index (χ0v) is 24.7. The van der Waals surface area contributed by atoms with Crippen LogP contribution in [0.15, 0.2) is 66.7 Å². The van der Waals surface area contributed by atoms with Gasteiger partial charge in [-0.3, -0.25) is 4.79 Å². The third-order valence-electron chi connectivity index (χ3n) is 8.25. The van der Waals surface area contributed by atoms with Gasteiger partial charge in [0.25, 0.3) is 5.91 Å². The number of carbonyl (C=O) groups is 1. The molecule has 0 saturated carbocycles. The highest BCUT2D eigenvalue weighted by atomic mass is 19.4. The average molecular weight is 566 g/mol. The molecule has 1 amide bonds. The summed E-state index contributed by atoms with van der Waals surface area (Å²) in [6.07, 6.45) is 0.0463. The van der Waals surface area contributed by atoms with Crippen molar-refractivity contribution in [2.24, 2.45) is 0 Å². The number of anilines is 2. The minimum atomic E-state index is -4.30. The minimum absolute atomic E-state index is 0.0372. The molecule has 4 nitrogen and oxygen atoms in total. The van der Waals surface area contributed by atoms with Gasteiger partial charge in [0.05, 0.1) is 5.56 Å². The van der Waals surface area contributed by atoms with Crippen molar-refractivity contribution in [1.82, 2.24) is 9.80 Å². The lowest BCUT2D eigenvalue weighted by molar-refractivity contribution is -0.137. The van der Waals surface area contributed by atoms with Gasteiger partial charge in [-0.1, -0.05) is 37.3 Å². The maximum Gasteiger partial charge on any atom is 0.416 e. The van der Waals surface area contributed by atoms with E-state index in [-0.39, 0.29) is 5.91 Å². The molecule has 3 aromatic rings. The summed E-state index contributed by atoms with van der Waals surface area (Å²) in [6.45, 7) is 9.84. The molecule has 220 valence electrons. The van der Waals surface area contributed by atoms with Crippen LogP contribution >= 0.6 is 0 Å². The molecule has 4 rings (SSSR count). The Morgan fingerprint density at radius 2 is 1.66 bits per heavy atom. The van der Waals surface area contributed by atoms with E-state index in [2.05, 4.69) is 60.9 Å². The van der Waals surface area contributed by atoms with Gasteiger partial charge in [-0.15, -0.1) is 0 Å². The molecule has 0 spiro atoms. The summed E-state index contributed by atoms with van der Waals surface area (Å²) in [5.74, 6) is 0.0372. The summed E-state index contributed by atoms with van der Waals surface area (Å²) < 4.78 is 39.2. The molecule has 1 aliphatic heterocycles. The molecule has 1 aliphatic rings. The number of piperidine rings is 1. The molecule has 0 aromatic heterocycles. The van der Waals surface area contributed by atoms with E-state index < -0.39 is 11.7 Å². The van der Waals surface area contributed by atoms with Gasteiger partial charge in [0.15, 0.2) is 0 Å². The molecular weight excluding hydrogens is 523 g/mol. The lowest BCUT2D eigenvalue weighted by Crippen LogP contribution is -2.43. The van der Waals surface area contributed by atoms with Crippen LogP contribution in [0.3, 0.4) is 0 Å². The first-order chi connectivity index (χ1) is 19.6. The van der Waals surface area contributed by atoms with Gasteiger partial charge >= 0.3 is 6.18 Å². The van der Waals surface area contributed by atoms with Gasteiger partial charge in [0.1, 0.15) is 0 Å². The standard InChI is InChI=1S/C34H42F3N3O/c1-5-20-38(4)33(41)28-14-16-30(17-15-28)40(32-13-6-9-25(2)26(32)3)31-18-22-39(23-19-31)21-8-11-27-10-7-12-29(24-27)34(35,36)37/h6-7,9-10,12-17,24,31H,5,8,11,18-23H2,1-4H3. The molecule has 3 aromatic carbocycles. The predicted molar refractivity (Wildman–Crippen MR) is 161 cm³/mol. The Hall–Kier alpha value is -3.32. The van der Waals surface area contributed by atoms with Crippen LogP contribution in [-0.2, 0) is 12.6 Å². The average Bonchev–Trinajstić information content (AvgIpc) is 2.96. The minimum Gasteiger partial charge on any atom is -0.342 e. The molecule has 1 heterocycles. The highest BCUT2D eigenvalue weighted by Crippen LogP contribution is 2.36. The third-order valence-corrected chi connectivity index (χ3v) is 8.25. The highest BCUT2D eigenvalue weighted by molar-refractivity contribution is 5.94. The van der Waals surface area contributed by atoms with Crippen LogP contribution in [0.2, 0.25) is 0 Å². The van der Waals surface area contributed by atoms with Crippen molar-refractivity contribution in [2.45, 2.75) is 65.1 Å². The van der Waals surface area contributed by atoms with Gasteiger partial charge in [-0.05, 0) is 106 Å². The normalized spacial score (nSPS) is 14.7. The van der Waals surface area contributed by atoms with Crippen LogP contribution < -0.4 is 4.90 Å². The molecule has 0 bridgehead atoms. The van der Waals surface area contributed by atoms with Crippen molar-refractivity contribution in [3.8, 4) is 0 Å². The van der Waals surface area contributed by atoms with E-state index in [0.717, 1.165) is 69.2 Å². The van der Waals surface area contributed by atoms with Crippen molar-refractivity contribution in [1.29, 1.82) is 0 Å². The fourth-order valence-corrected chi connectivity index (χ4v) is 5.78. The maximum absolute atomic E-state index is 13.1. The molecular formula is C34H42F3N3O. The Morgan fingerprint density at radius 1 is 0.976 bits per heavy atom. The summed E-state index contributed by atoms with van der Waals surface area (Å²) in [5.41, 5.74) is 5.62. The van der Waals surface area contributed by atoms with Crippen LogP contribution in [0.4, 0.5) is 24.5 Å². The number of hydrogen-bond acceptors (Lipinski definition) is 3. The number of hydrogen-bond donors (Lipinski definition) is 0. The smallest absolute Gasteiger partial charge is 0.342 e. The van der Waals surface area contributed by atoms with E-state index >= 15 is 0 Å². The summed E-state index contributed by atoms with van der Waals surface area (Å²) >= 11 is 0. The lowest BCUT2D eigenvalue weighted by Gasteiger charge is -2.40. The van der Waals surface area contributed by atoms with Gasteiger partial charge in [-0.25, -0.2) is 0 Å².